The summed E-state index contributed by atoms with van der Waals surface area (Å²) in [5, 5.41) is 1.14. The molecule has 78 valence electrons. The van der Waals surface area contributed by atoms with Crippen LogP contribution in [0.25, 0.3) is 15.6 Å². The number of benzene rings is 1. The zero-order chi connectivity index (χ0) is 11.0. The molecule has 16 heavy (non-hydrogen) atoms. The maximum atomic E-state index is 5.44. The Bertz CT molecular complexity index is 687. The van der Waals surface area contributed by atoms with Crippen LogP contribution < -0.4 is 0 Å². The topological polar surface area (TPSA) is 30.7 Å². The van der Waals surface area contributed by atoms with Gasteiger partial charge < -0.3 is 0 Å². The van der Waals surface area contributed by atoms with Gasteiger partial charge in [-0.25, -0.2) is 0 Å². The molecule has 5 heteroatoms. The summed E-state index contributed by atoms with van der Waals surface area (Å²) in [6.07, 6.45) is 3.48. The summed E-state index contributed by atoms with van der Waals surface area (Å²) in [4.78, 5) is 8.47. The number of hydrogen-bond donors (Lipinski definition) is 0. The molecule has 0 atom stereocenters. The summed E-state index contributed by atoms with van der Waals surface area (Å²) in [6.45, 7) is 0. The number of hydrogen-bond acceptors (Lipinski definition) is 3. The molecule has 2 heterocycles. The molecule has 0 amide bonds. The van der Waals surface area contributed by atoms with Crippen molar-refractivity contribution in [2.24, 2.45) is 0 Å². The molecule has 3 aromatic rings. The zero-order valence-corrected chi connectivity index (χ0v) is 10.7. The molecule has 0 aliphatic heterocycles. The van der Waals surface area contributed by atoms with Crippen LogP contribution in [-0.2, 0) is 0 Å². The van der Waals surface area contributed by atoms with Gasteiger partial charge in [-0.3, -0.25) is 0 Å². The molecule has 0 saturated heterocycles. The summed E-state index contributed by atoms with van der Waals surface area (Å²) in [5.74, 6) is 0.698. The first-order valence-corrected chi connectivity index (χ1v) is 6.78. The summed E-state index contributed by atoms with van der Waals surface area (Å²) in [5.41, 5.74) is 0. The van der Waals surface area contributed by atoms with E-state index in [-0.39, 0.29) is 14.7 Å². The molecule has 0 saturated carbocycles. The number of nitrogens with zero attached hydrogens (tertiary/aromatic N) is 3. The third-order valence-electron chi connectivity index (χ3n) is 2.23. The van der Waals surface area contributed by atoms with E-state index in [0.717, 1.165) is 10.0 Å². The van der Waals surface area contributed by atoms with Crippen molar-refractivity contribution in [1.82, 2.24) is 13.5 Å². The molecule has 3 nitrogen and oxygen atoms in total. The molecule has 0 fully saturated rings. The van der Waals surface area contributed by atoms with Gasteiger partial charge in [0.1, 0.15) is 0 Å². The quantitative estimate of drug-likeness (QED) is 0.509. The minimum absolute atomic E-state index is 0.162. The third-order valence-corrected chi connectivity index (χ3v) is 5.16. The number of aromatic nitrogens is 3. The van der Waals surface area contributed by atoms with Crippen molar-refractivity contribution < 1.29 is 0 Å². The molecular weight excluding hydrogens is 285 g/mol. The van der Waals surface area contributed by atoms with Crippen LogP contribution in [0.15, 0.2) is 42.7 Å². The molecule has 0 bridgehead atoms. The summed E-state index contributed by atoms with van der Waals surface area (Å²) < 4.78 is 4.15. The number of fused-ring (bicyclic) bond motifs is 1. The van der Waals surface area contributed by atoms with Gasteiger partial charge in [-0.15, -0.1) is 0 Å². The summed E-state index contributed by atoms with van der Waals surface area (Å²) >= 11 is 5.60. The second-order valence-electron chi connectivity index (χ2n) is 3.24. The van der Waals surface area contributed by atoms with Crippen molar-refractivity contribution in [3.63, 3.8) is 0 Å². The van der Waals surface area contributed by atoms with E-state index in [0.29, 0.717) is 5.95 Å². The first-order valence-electron chi connectivity index (χ1n) is 4.75. The van der Waals surface area contributed by atoms with Crippen LogP contribution in [0, 0.1) is 4.64 Å². The van der Waals surface area contributed by atoms with E-state index in [1.54, 1.807) is 12.4 Å². The van der Waals surface area contributed by atoms with Gasteiger partial charge in [-0.1, -0.05) is 0 Å². The van der Waals surface area contributed by atoms with Gasteiger partial charge in [0, 0.05) is 0 Å². The Morgan fingerprint density at radius 3 is 2.56 bits per heavy atom. The predicted molar refractivity (Wildman–Crippen MR) is 66.6 cm³/mol. The molecule has 0 aliphatic rings. The van der Waals surface area contributed by atoms with Gasteiger partial charge in [0.15, 0.2) is 0 Å². The van der Waals surface area contributed by atoms with Gasteiger partial charge in [0.25, 0.3) is 0 Å². The normalized spacial score (nSPS) is 10.8. The van der Waals surface area contributed by atoms with E-state index in [9.17, 15) is 0 Å². The van der Waals surface area contributed by atoms with Gasteiger partial charge in [0.2, 0.25) is 0 Å². The van der Waals surface area contributed by atoms with Crippen LogP contribution in [0.2, 0.25) is 0 Å². The van der Waals surface area contributed by atoms with E-state index in [1.165, 1.54) is 4.26 Å². The van der Waals surface area contributed by atoms with Crippen LogP contribution in [0.4, 0.5) is 0 Å². The minimum atomic E-state index is 0.162. The fourth-order valence-electron chi connectivity index (χ4n) is 1.50. The van der Waals surface area contributed by atoms with Crippen molar-refractivity contribution in [3.8, 4) is 5.95 Å². The van der Waals surface area contributed by atoms with Gasteiger partial charge in [0.05, 0.1) is 0 Å². The Labute approximate surface area is 103 Å². The van der Waals surface area contributed by atoms with Gasteiger partial charge >= 0.3 is 103 Å². The van der Waals surface area contributed by atoms with E-state index in [2.05, 4.69) is 22.1 Å². The van der Waals surface area contributed by atoms with Crippen LogP contribution in [0.5, 0.6) is 0 Å². The molecular formula is C11H7N3SSe. The van der Waals surface area contributed by atoms with Crippen molar-refractivity contribution in [2.75, 3.05) is 0 Å². The van der Waals surface area contributed by atoms with Crippen LogP contribution in [0.1, 0.15) is 0 Å². The van der Waals surface area contributed by atoms with Gasteiger partial charge in [-0.2, -0.15) is 0 Å². The molecule has 0 radical (unpaired) electrons. The predicted octanol–water partition coefficient (Wildman–Crippen LogP) is 2.21. The van der Waals surface area contributed by atoms with Crippen molar-refractivity contribution in [1.29, 1.82) is 0 Å². The Kier molecular flexibility index (Phi) is 2.44. The summed E-state index contributed by atoms with van der Waals surface area (Å²) in [7, 11) is 0. The molecule has 2 aromatic heterocycles. The first kappa shape index (κ1) is 9.90. The first-order chi connectivity index (χ1) is 7.86. The SMILES string of the molecule is S=c1c2ccccc2[se]n1-c1ncccn1. The molecule has 0 spiro atoms. The van der Waals surface area contributed by atoms with Crippen LogP contribution >= 0.6 is 12.2 Å². The molecule has 0 unspecified atom stereocenters. The Hall–Kier alpha value is -1.29. The average Bonchev–Trinajstić information content (AvgIpc) is 2.69. The van der Waals surface area contributed by atoms with Crippen molar-refractivity contribution >= 4 is 36.6 Å². The fraction of sp³-hybridized carbons (Fsp3) is 0. The van der Waals surface area contributed by atoms with Crippen molar-refractivity contribution in [3.05, 3.63) is 47.4 Å². The monoisotopic (exact) mass is 293 g/mol. The Balaban J connectivity index is 2.34. The van der Waals surface area contributed by atoms with E-state index in [1.807, 2.05) is 21.8 Å². The molecule has 0 aliphatic carbocycles. The second-order valence-corrected chi connectivity index (χ2v) is 5.69. The standard InChI is InChI=1S/C11H7N3SSe/c15-10-8-4-1-2-5-9(8)16-14(10)11-12-6-3-7-13-11/h1-7H. The zero-order valence-electron chi connectivity index (χ0n) is 8.20. The van der Waals surface area contributed by atoms with E-state index in [4.69, 9.17) is 12.2 Å². The second kappa shape index (κ2) is 3.94. The third kappa shape index (κ3) is 1.53. The average molecular weight is 292 g/mol. The van der Waals surface area contributed by atoms with E-state index < -0.39 is 0 Å². The van der Waals surface area contributed by atoms with Gasteiger partial charge in [-0.05, 0) is 0 Å². The van der Waals surface area contributed by atoms with Crippen LogP contribution in [-0.4, -0.2) is 28.3 Å². The maximum absolute atomic E-state index is 5.44. The van der Waals surface area contributed by atoms with Crippen molar-refractivity contribution in [2.45, 2.75) is 0 Å². The summed E-state index contributed by atoms with van der Waals surface area (Å²) in [6, 6.07) is 10.0. The van der Waals surface area contributed by atoms with E-state index >= 15 is 0 Å². The Morgan fingerprint density at radius 1 is 1.06 bits per heavy atom. The molecule has 1 aromatic carbocycles. The fourth-order valence-corrected chi connectivity index (χ4v) is 4.11. The molecule has 0 N–H and O–H groups in total. The molecule has 3 rings (SSSR count). The number of rotatable bonds is 1. The van der Waals surface area contributed by atoms with Crippen LogP contribution in [0.3, 0.4) is 0 Å². The Morgan fingerprint density at radius 2 is 1.81 bits per heavy atom.